The molecule has 5 nitrogen and oxygen atoms in total. The molecule has 2 amide bonds. The molecule has 0 atom stereocenters. The molecule has 2 aromatic carbocycles. The molecule has 1 N–H and O–H groups in total. The van der Waals surface area contributed by atoms with Gasteiger partial charge in [-0.2, -0.15) is 0 Å². The number of carbonyl (C=O) groups excluding carboxylic acids is 1. The smallest absolute Gasteiger partial charge is 0.321 e. The second-order valence-corrected chi connectivity index (χ2v) is 6.70. The lowest BCUT2D eigenvalue weighted by Gasteiger charge is -2.29. The molecular weight excluding hydrogens is 326 g/mol. The minimum absolute atomic E-state index is 0.158. The van der Waals surface area contributed by atoms with Crippen molar-refractivity contribution >= 4 is 17.4 Å². The Morgan fingerprint density at radius 3 is 2.46 bits per heavy atom. The molecule has 0 spiro atoms. The van der Waals surface area contributed by atoms with Gasteiger partial charge in [0.15, 0.2) is 0 Å². The third-order valence-corrected chi connectivity index (χ3v) is 4.77. The summed E-state index contributed by atoms with van der Waals surface area (Å²) in [5.41, 5.74) is 3.06. The summed E-state index contributed by atoms with van der Waals surface area (Å²) in [7, 11) is 3.39. The van der Waals surface area contributed by atoms with E-state index in [4.69, 9.17) is 4.74 Å². The molecule has 0 bridgehead atoms. The third kappa shape index (κ3) is 4.48. The van der Waals surface area contributed by atoms with E-state index in [-0.39, 0.29) is 6.03 Å². The van der Waals surface area contributed by atoms with Crippen molar-refractivity contribution in [2.45, 2.75) is 25.8 Å². The quantitative estimate of drug-likeness (QED) is 0.869. The maximum Gasteiger partial charge on any atom is 0.321 e. The highest BCUT2D eigenvalue weighted by Crippen LogP contribution is 2.24. The summed E-state index contributed by atoms with van der Waals surface area (Å²) in [5, 5.41) is 2.90. The predicted molar refractivity (Wildman–Crippen MR) is 106 cm³/mol. The minimum atomic E-state index is -0.158. The highest BCUT2D eigenvalue weighted by molar-refractivity contribution is 5.90. The Balaban J connectivity index is 1.58. The summed E-state index contributed by atoms with van der Waals surface area (Å²) in [4.78, 5) is 16.6. The van der Waals surface area contributed by atoms with Gasteiger partial charge in [0.2, 0.25) is 0 Å². The molecule has 0 aromatic heterocycles. The molecule has 26 heavy (non-hydrogen) atoms. The van der Waals surface area contributed by atoms with Crippen LogP contribution >= 0.6 is 0 Å². The number of carbonyl (C=O) groups is 1. The molecule has 0 aliphatic carbocycles. The molecule has 1 saturated heterocycles. The number of para-hydroxylation sites is 2. The lowest BCUT2D eigenvalue weighted by atomic mass is 10.1. The fourth-order valence-corrected chi connectivity index (χ4v) is 3.27. The van der Waals surface area contributed by atoms with Crippen molar-refractivity contribution in [3.63, 3.8) is 0 Å². The van der Waals surface area contributed by atoms with Gasteiger partial charge in [-0.05, 0) is 49.1 Å². The third-order valence-electron chi connectivity index (χ3n) is 4.77. The van der Waals surface area contributed by atoms with Crippen molar-refractivity contribution in [2.24, 2.45) is 0 Å². The van der Waals surface area contributed by atoms with E-state index >= 15 is 0 Å². The van der Waals surface area contributed by atoms with Gasteiger partial charge in [-0.15, -0.1) is 0 Å². The zero-order chi connectivity index (χ0) is 18.4. The van der Waals surface area contributed by atoms with E-state index in [1.165, 1.54) is 24.9 Å². The van der Waals surface area contributed by atoms with Gasteiger partial charge in [0.05, 0.1) is 12.8 Å². The number of rotatable bonds is 5. The normalized spacial score (nSPS) is 14.0. The molecule has 1 fully saturated rings. The lowest BCUT2D eigenvalue weighted by molar-refractivity contribution is 0.220. The lowest BCUT2D eigenvalue weighted by Crippen LogP contribution is -2.31. The number of urea groups is 1. The summed E-state index contributed by atoms with van der Waals surface area (Å²) in [6.07, 6.45) is 3.88. The Kier molecular flexibility index (Phi) is 6.00. The summed E-state index contributed by atoms with van der Waals surface area (Å²) >= 11 is 0. The van der Waals surface area contributed by atoms with Crippen molar-refractivity contribution in [2.75, 3.05) is 37.5 Å². The van der Waals surface area contributed by atoms with Crippen LogP contribution in [0, 0.1) is 0 Å². The topological polar surface area (TPSA) is 44.8 Å². The monoisotopic (exact) mass is 353 g/mol. The average molecular weight is 353 g/mol. The number of ether oxygens (including phenoxy) is 1. The van der Waals surface area contributed by atoms with E-state index < -0.39 is 0 Å². The van der Waals surface area contributed by atoms with Gasteiger partial charge in [-0.1, -0.05) is 24.3 Å². The molecule has 1 heterocycles. The van der Waals surface area contributed by atoms with E-state index in [9.17, 15) is 4.79 Å². The van der Waals surface area contributed by atoms with E-state index in [0.29, 0.717) is 18.0 Å². The van der Waals surface area contributed by atoms with Crippen LogP contribution in [0.25, 0.3) is 0 Å². The molecule has 3 rings (SSSR count). The number of methoxy groups -OCH3 is 1. The summed E-state index contributed by atoms with van der Waals surface area (Å²) in [6, 6.07) is 15.8. The van der Waals surface area contributed by atoms with E-state index in [2.05, 4.69) is 34.5 Å². The number of amides is 2. The van der Waals surface area contributed by atoms with Crippen molar-refractivity contribution in [1.29, 1.82) is 0 Å². The second-order valence-electron chi connectivity index (χ2n) is 6.70. The number of piperidine rings is 1. The zero-order valence-electron chi connectivity index (χ0n) is 15.6. The molecular formula is C21H27N3O2. The number of benzene rings is 2. The fourth-order valence-electron chi connectivity index (χ4n) is 3.27. The number of hydrogen-bond donors (Lipinski definition) is 1. The van der Waals surface area contributed by atoms with E-state index in [1.807, 2.05) is 24.3 Å². The van der Waals surface area contributed by atoms with Gasteiger partial charge >= 0.3 is 6.03 Å². The molecule has 2 aromatic rings. The predicted octanol–water partition coefficient (Wildman–Crippen LogP) is 4.35. The first kappa shape index (κ1) is 18.1. The summed E-state index contributed by atoms with van der Waals surface area (Å²) < 4.78 is 5.28. The standard InChI is InChI=1S/C21H27N3O2/c1-23(21(25)22-19-8-4-5-9-20(19)26-2)16-17-10-12-18(13-11-17)24-14-6-3-7-15-24/h4-5,8-13H,3,6-7,14-16H2,1-2H3,(H,22,25). The van der Waals surface area contributed by atoms with E-state index in [0.717, 1.165) is 18.7 Å². The number of hydrogen-bond acceptors (Lipinski definition) is 3. The van der Waals surface area contributed by atoms with Gasteiger partial charge in [0, 0.05) is 32.4 Å². The fraction of sp³-hybridized carbons (Fsp3) is 0.381. The minimum Gasteiger partial charge on any atom is -0.495 e. The zero-order valence-corrected chi connectivity index (χ0v) is 15.6. The Morgan fingerprint density at radius 2 is 1.77 bits per heavy atom. The average Bonchev–Trinajstić information content (AvgIpc) is 2.69. The van der Waals surface area contributed by atoms with Crippen LogP contribution in [0.2, 0.25) is 0 Å². The van der Waals surface area contributed by atoms with Crippen LogP contribution in [-0.2, 0) is 6.54 Å². The van der Waals surface area contributed by atoms with Crippen LogP contribution in [-0.4, -0.2) is 38.2 Å². The largest absolute Gasteiger partial charge is 0.495 e. The molecule has 1 aliphatic rings. The van der Waals surface area contributed by atoms with Gasteiger partial charge in [-0.25, -0.2) is 4.79 Å². The van der Waals surface area contributed by atoms with Crippen LogP contribution in [0.5, 0.6) is 5.75 Å². The maximum atomic E-state index is 12.5. The van der Waals surface area contributed by atoms with Crippen LogP contribution in [0.3, 0.4) is 0 Å². The van der Waals surface area contributed by atoms with Gasteiger partial charge in [0.25, 0.3) is 0 Å². The molecule has 0 unspecified atom stereocenters. The van der Waals surface area contributed by atoms with Crippen molar-refractivity contribution in [3.8, 4) is 5.75 Å². The first-order valence-electron chi connectivity index (χ1n) is 9.16. The SMILES string of the molecule is COc1ccccc1NC(=O)N(C)Cc1ccc(N2CCCCC2)cc1. The van der Waals surface area contributed by atoms with Crippen LogP contribution in [0.1, 0.15) is 24.8 Å². The maximum absolute atomic E-state index is 12.5. The van der Waals surface area contributed by atoms with Crippen LogP contribution in [0.4, 0.5) is 16.2 Å². The van der Waals surface area contributed by atoms with Gasteiger partial charge in [-0.3, -0.25) is 0 Å². The Bertz CT molecular complexity index is 724. The Morgan fingerprint density at radius 1 is 1.08 bits per heavy atom. The molecule has 0 radical (unpaired) electrons. The first-order chi connectivity index (χ1) is 12.7. The van der Waals surface area contributed by atoms with Crippen molar-refractivity contribution in [1.82, 2.24) is 4.90 Å². The Hall–Kier alpha value is -2.69. The Labute approximate surface area is 155 Å². The number of nitrogens with zero attached hydrogens (tertiary/aromatic N) is 2. The van der Waals surface area contributed by atoms with Crippen molar-refractivity contribution < 1.29 is 9.53 Å². The first-order valence-corrected chi connectivity index (χ1v) is 9.16. The summed E-state index contributed by atoms with van der Waals surface area (Å²) in [5.74, 6) is 0.653. The van der Waals surface area contributed by atoms with Gasteiger partial charge in [0.1, 0.15) is 5.75 Å². The molecule has 1 aliphatic heterocycles. The van der Waals surface area contributed by atoms with Gasteiger partial charge < -0.3 is 19.9 Å². The molecule has 138 valence electrons. The molecule has 5 heteroatoms. The highest BCUT2D eigenvalue weighted by atomic mass is 16.5. The number of nitrogens with one attached hydrogen (secondary N) is 1. The second kappa shape index (κ2) is 8.61. The van der Waals surface area contributed by atoms with Crippen molar-refractivity contribution in [3.05, 3.63) is 54.1 Å². The summed E-state index contributed by atoms with van der Waals surface area (Å²) in [6.45, 7) is 2.84. The van der Waals surface area contributed by atoms with E-state index in [1.54, 1.807) is 19.1 Å². The van der Waals surface area contributed by atoms with Crippen LogP contribution in [0.15, 0.2) is 48.5 Å². The number of anilines is 2. The van der Waals surface area contributed by atoms with Crippen LogP contribution < -0.4 is 15.0 Å². The molecule has 0 saturated carbocycles. The highest BCUT2D eigenvalue weighted by Gasteiger charge is 2.13.